The first-order chi connectivity index (χ1) is 18.6. The van der Waals surface area contributed by atoms with E-state index in [0.29, 0.717) is 34.8 Å². The van der Waals surface area contributed by atoms with Gasteiger partial charge in [0.1, 0.15) is 16.2 Å². The van der Waals surface area contributed by atoms with Crippen molar-refractivity contribution in [2.24, 2.45) is 0 Å². The van der Waals surface area contributed by atoms with Crippen LogP contribution in [0.1, 0.15) is 31.2 Å². The van der Waals surface area contributed by atoms with Crippen LogP contribution in [0, 0.1) is 12.7 Å². The number of fused-ring (bicyclic) bond motifs is 1. The van der Waals surface area contributed by atoms with E-state index in [9.17, 15) is 8.42 Å². The second-order valence-electron chi connectivity index (χ2n) is 10.1. The Kier molecular flexibility index (Phi) is 7.70. The maximum absolute atomic E-state index is 15.0. The number of aromatic nitrogens is 3. The Bertz CT molecular complexity index is 1620. The molecular weight excluding hydrogens is 539 g/mol. The Morgan fingerprint density at radius 2 is 1.77 bits per heavy atom. The van der Waals surface area contributed by atoms with Crippen molar-refractivity contribution in [1.82, 2.24) is 19.9 Å². The van der Waals surface area contributed by atoms with Gasteiger partial charge in [-0.1, -0.05) is 29.8 Å². The molecule has 1 aliphatic carbocycles. The van der Waals surface area contributed by atoms with Gasteiger partial charge < -0.3 is 10.2 Å². The summed E-state index contributed by atoms with van der Waals surface area (Å²) in [5, 5.41) is 3.52. The third-order valence-corrected chi connectivity index (χ3v) is 9.00. The van der Waals surface area contributed by atoms with E-state index in [4.69, 9.17) is 16.6 Å². The molecule has 0 atom stereocenters. The lowest BCUT2D eigenvalue weighted by atomic mass is 9.91. The molecule has 1 saturated carbocycles. The summed E-state index contributed by atoms with van der Waals surface area (Å²) in [6.45, 7) is 1.93. The van der Waals surface area contributed by atoms with Gasteiger partial charge in [-0.2, -0.15) is 0 Å². The Morgan fingerprint density at radius 3 is 2.46 bits per heavy atom. The van der Waals surface area contributed by atoms with Crippen molar-refractivity contribution in [3.05, 3.63) is 71.1 Å². The summed E-state index contributed by atoms with van der Waals surface area (Å²) in [4.78, 5) is 16.0. The fourth-order valence-electron chi connectivity index (χ4n) is 4.94. The highest BCUT2D eigenvalue weighted by Gasteiger charge is 2.23. The second kappa shape index (κ2) is 11.0. The number of pyridine rings is 1. The molecule has 1 fully saturated rings. The zero-order valence-corrected chi connectivity index (χ0v) is 23.5. The van der Waals surface area contributed by atoms with Crippen LogP contribution < -0.4 is 10.0 Å². The molecule has 2 N–H and O–H groups in total. The standard InChI is InChI=1S/C28H30ClFN6O2S/c1-17-14-24(18-8-13-23(22(30)15-18)35-39(37,38)26-7-5-4-6-21(26)29)33-25-16-31-28(34-27(17)25)32-19-9-11-20(12-10-19)36(2)3/h4-8,13-16,19-20,35H,9-12H2,1-3H3,(H,31,32,34). The second-order valence-corrected chi connectivity index (χ2v) is 12.2. The highest BCUT2D eigenvalue weighted by Crippen LogP contribution is 2.30. The maximum atomic E-state index is 15.0. The molecule has 2 heterocycles. The normalized spacial score (nSPS) is 17.9. The molecule has 0 aliphatic heterocycles. The molecule has 1 aliphatic rings. The first kappa shape index (κ1) is 27.2. The number of halogens is 2. The van der Waals surface area contributed by atoms with E-state index in [1.54, 1.807) is 24.4 Å². The largest absolute Gasteiger partial charge is 0.351 e. The number of hydrogen-bond acceptors (Lipinski definition) is 7. The van der Waals surface area contributed by atoms with E-state index in [2.05, 4.69) is 39.0 Å². The highest BCUT2D eigenvalue weighted by molar-refractivity contribution is 7.92. The van der Waals surface area contributed by atoms with Crippen LogP contribution in [0.4, 0.5) is 16.0 Å². The van der Waals surface area contributed by atoms with Gasteiger partial charge in [-0.15, -0.1) is 0 Å². The third-order valence-electron chi connectivity index (χ3n) is 7.13. The van der Waals surface area contributed by atoms with Crippen molar-refractivity contribution < 1.29 is 12.8 Å². The van der Waals surface area contributed by atoms with Gasteiger partial charge in [0, 0.05) is 17.6 Å². The molecule has 5 rings (SSSR count). The van der Waals surface area contributed by atoms with Crippen LogP contribution in [-0.2, 0) is 10.0 Å². The van der Waals surface area contributed by atoms with Gasteiger partial charge in [0.25, 0.3) is 10.0 Å². The number of sulfonamides is 1. The van der Waals surface area contributed by atoms with Crippen molar-refractivity contribution in [2.75, 3.05) is 24.1 Å². The summed E-state index contributed by atoms with van der Waals surface area (Å²) in [6.07, 6.45) is 6.08. The van der Waals surface area contributed by atoms with Gasteiger partial charge in [-0.25, -0.2) is 27.8 Å². The lowest BCUT2D eigenvalue weighted by Gasteiger charge is -2.32. The molecule has 0 bridgehead atoms. The maximum Gasteiger partial charge on any atom is 0.263 e. The SMILES string of the molecule is Cc1cc(-c2ccc(NS(=O)(=O)c3ccccc3Cl)c(F)c2)nc2cnc(NC3CCC(N(C)C)CC3)nc12. The number of rotatable bonds is 7. The quantitative estimate of drug-likeness (QED) is 0.287. The average Bonchev–Trinajstić information content (AvgIpc) is 2.90. The predicted octanol–water partition coefficient (Wildman–Crippen LogP) is 5.88. The van der Waals surface area contributed by atoms with E-state index in [-0.39, 0.29) is 15.6 Å². The Balaban J connectivity index is 1.34. The summed E-state index contributed by atoms with van der Waals surface area (Å²) in [6, 6.07) is 13.0. The predicted molar refractivity (Wildman–Crippen MR) is 153 cm³/mol. The Labute approximate surface area is 232 Å². The van der Waals surface area contributed by atoms with Gasteiger partial charge >= 0.3 is 0 Å². The molecule has 11 heteroatoms. The first-order valence-corrected chi connectivity index (χ1v) is 14.6. The molecule has 0 spiro atoms. The molecule has 0 unspecified atom stereocenters. The summed E-state index contributed by atoms with van der Waals surface area (Å²) < 4.78 is 42.7. The highest BCUT2D eigenvalue weighted by atomic mass is 35.5. The number of hydrogen-bond donors (Lipinski definition) is 2. The van der Waals surface area contributed by atoms with Crippen molar-refractivity contribution in [1.29, 1.82) is 0 Å². The van der Waals surface area contributed by atoms with E-state index in [0.717, 1.165) is 36.8 Å². The molecule has 0 saturated heterocycles. The summed E-state index contributed by atoms with van der Waals surface area (Å²) in [7, 11) is 0.189. The summed E-state index contributed by atoms with van der Waals surface area (Å²) in [5.41, 5.74) is 3.04. The van der Waals surface area contributed by atoms with Gasteiger partial charge in [0.05, 0.1) is 28.1 Å². The van der Waals surface area contributed by atoms with Crippen LogP contribution in [0.15, 0.2) is 59.6 Å². The molecular formula is C28H30ClFN6O2S. The molecule has 8 nitrogen and oxygen atoms in total. The van der Waals surface area contributed by atoms with Crippen molar-refractivity contribution >= 4 is 44.3 Å². The minimum Gasteiger partial charge on any atom is -0.351 e. The van der Waals surface area contributed by atoms with Crippen LogP contribution in [0.25, 0.3) is 22.3 Å². The van der Waals surface area contributed by atoms with Crippen LogP contribution in [-0.4, -0.2) is 54.4 Å². The number of anilines is 2. The number of nitrogens with one attached hydrogen (secondary N) is 2. The Morgan fingerprint density at radius 1 is 1.03 bits per heavy atom. The van der Waals surface area contributed by atoms with Gasteiger partial charge in [0.15, 0.2) is 0 Å². The first-order valence-electron chi connectivity index (χ1n) is 12.8. The van der Waals surface area contributed by atoms with Crippen LogP contribution in [0.2, 0.25) is 5.02 Å². The molecule has 0 radical (unpaired) electrons. The number of benzene rings is 2. The van der Waals surface area contributed by atoms with Crippen molar-refractivity contribution in [3.63, 3.8) is 0 Å². The topological polar surface area (TPSA) is 100 Å². The molecule has 4 aromatic rings. The van der Waals surface area contributed by atoms with E-state index in [1.807, 2.05) is 13.0 Å². The molecule has 204 valence electrons. The zero-order chi connectivity index (χ0) is 27.7. The van der Waals surface area contributed by atoms with Crippen LogP contribution >= 0.6 is 11.6 Å². The lowest BCUT2D eigenvalue weighted by Crippen LogP contribution is -2.36. The minimum atomic E-state index is -4.06. The van der Waals surface area contributed by atoms with Gasteiger partial charge in [-0.3, -0.25) is 4.72 Å². The minimum absolute atomic E-state index is 0.0511. The molecule has 2 aromatic heterocycles. The average molecular weight is 569 g/mol. The number of aryl methyl sites for hydroxylation is 1. The lowest BCUT2D eigenvalue weighted by molar-refractivity contribution is 0.221. The third kappa shape index (κ3) is 5.98. The van der Waals surface area contributed by atoms with E-state index >= 15 is 4.39 Å². The van der Waals surface area contributed by atoms with Gasteiger partial charge in [-0.05, 0) is 82.6 Å². The fourth-order valence-corrected chi connectivity index (χ4v) is 6.53. The monoisotopic (exact) mass is 568 g/mol. The van der Waals surface area contributed by atoms with Crippen LogP contribution in [0.3, 0.4) is 0 Å². The smallest absolute Gasteiger partial charge is 0.263 e. The van der Waals surface area contributed by atoms with E-state index in [1.165, 1.54) is 24.3 Å². The zero-order valence-electron chi connectivity index (χ0n) is 21.9. The summed E-state index contributed by atoms with van der Waals surface area (Å²) in [5.74, 6) is -0.155. The van der Waals surface area contributed by atoms with Crippen molar-refractivity contribution in [3.8, 4) is 11.3 Å². The van der Waals surface area contributed by atoms with Crippen molar-refractivity contribution in [2.45, 2.75) is 49.6 Å². The van der Waals surface area contributed by atoms with Gasteiger partial charge in [0.2, 0.25) is 5.95 Å². The summed E-state index contributed by atoms with van der Waals surface area (Å²) >= 11 is 6.02. The van der Waals surface area contributed by atoms with E-state index < -0.39 is 15.8 Å². The molecule has 0 amide bonds. The Hall–Kier alpha value is -3.34. The fraction of sp³-hybridized carbons (Fsp3) is 0.321. The van der Waals surface area contributed by atoms with Crippen LogP contribution in [0.5, 0.6) is 0 Å². The molecule has 2 aromatic carbocycles. The number of nitrogens with zero attached hydrogens (tertiary/aromatic N) is 4. The molecule has 39 heavy (non-hydrogen) atoms.